The number of aromatic amines is 1. The van der Waals surface area contributed by atoms with Crippen LogP contribution in [0.4, 0.5) is 0 Å². The van der Waals surface area contributed by atoms with Gasteiger partial charge in [-0.05, 0) is 42.6 Å². The van der Waals surface area contributed by atoms with Gasteiger partial charge in [-0.15, -0.1) is 27.8 Å². The lowest BCUT2D eigenvalue weighted by molar-refractivity contribution is 0.0531. The maximum absolute atomic E-state index is 12.1. The number of thiophene rings is 2. The van der Waals surface area contributed by atoms with Crippen LogP contribution in [0, 0.1) is 6.92 Å². The van der Waals surface area contributed by atoms with Crippen molar-refractivity contribution >= 4 is 50.6 Å². The molecule has 0 fully saturated rings. The Hall–Kier alpha value is -2.30. The van der Waals surface area contributed by atoms with Crippen molar-refractivity contribution in [2.75, 3.05) is 6.61 Å². The van der Waals surface area contributed by atoms with Crippen LogP contribution in [0.2, 0.25) is 0 Å². The Labute approximate surface area is 160 Å². The third-order valence-electron chi connectivity index (χ3n) is 3.56. The molecule has 4 aromatic rings. The average Bonchev–Trinajstić information content (AvgIpc) is 3.35. The number of carbonyl (C=O) groups is 1. The Kier molecular flexibility index (Phi) is 4.70. The zero-order valence-electron chi connectivity index (χ0n) is 13.8. The number of nitrogens with zero attached hydrogens (tertiary/aromatic N) is 4. The highest BCUT2D eigenvalue weighted by molar-refractivity contribution is 7.99. The predicted octanol–water partition coefficient (Wildman–Crippen LogP) is 4.17. The lowest BCUT2D eigenvalue weighted by Gasteiger charge is -2.01. The molecule has 0 amide bonds. The van der Waals surface area contributed by atoms with Gasteiger partial charge in [0.15, 0.2) is 5.82 Å². The summed E-state index contributed by atoms with van der Waals surface area (Å²) >= 11 is 4.25. The van der Waals surface area contributed by atoms with Gasteiger partial charge in [-0.1, -0.05) is 6.07 Å². The van der Waals surface area contributed by atoms with Crippen LogP contribution in [0.25, 0.3) is 20.9 Å². The fourth-order valence-corrected chi connectivity index (χ4v) is 5.03. The number of ether oxygens (including phenoxy) is 1. The van der Waals surface area contributed by atoms with E-state index < -0.39 is 0 Å². The van der Waals surface area contributed by atoms with Crippen molar-refractivity contribution < 1.29 is 9.53 Å². The number of carbonyl (C=O) groups excluding carboxylic acids is 1. The molecule has 4 heterocycles. The highest BCUT2D eigenvalue weighted by Crippen LogP contribution is 2.37. The van der Waals surface area contributed by atoms with Gasteiger partial charge in [0.05, 0.1) is 11.5 Å². The van der Waals surface area contributed by atoms with E-state index in [0.29, 0.717) is 16.6 Å². The summed E-state index contributed by atoms with van der Waals surface area (Å²) in [6, 6.07) is 3.95. The summed E-state index contributed by atoms with van der Waals surface area (Å²) < 4.78 is 5.13. The number of nitrogens with one attached hydrogen (secondary N) is 1. The van der Waals surface area contributed by atoms with Gasteiger partial charge in [0, 0.05) is 5.39 Å². The van der Waals surface area contributed by atoms with Gasteiger partial charge < -0.3 is 4.74 Å². The summed E-state index contributed by atoms with van der Waals surface area (Å²) in [5.74, 6) is 0.392. The summed E-state index contributed by atoms with van der Waals surface area (Å²) in [5, 5.41) is 11.3. The van der Waals surface area contributed by atoms with Gasteiger partial charge in [-0.25, -0.2) is 19.7 Å². The molecule has 1 N–H and O–H groups in total. The first-order chi connectivity index (χ1) is 12.7. The van der Waals surface area contributed by atoms with Crippen LogP contribution in [0.1, 0.15) is 22.2 Å². The molecular weight excluding hydrogens is 390 g/mol. The number of H-pyrrole nitrogens is 1. The molecule has 0 spiro atoms. The molecule has 7 nitrogen and oxygen atoms in total. The smallest absolute Gasteiger partial charge is 0.348 e. The van der Waals surface area contributed by atoms with E-state index in [4.69, 9.17) is 4.74 Å². The van der Waals surface area contributed by atoms with E-state index in [9.17, 15) is 4.79 Å². The second-order valence-electron chi connectivity index (χ2n) is 5.18. The predicted molar refractivity (Wildman–Crippen MR) is 102 cm³/mol. The largest absolute Gasteiger partial charge is 0.462 e. The standard InChI is InChI=1S/C16H13N5O2S3/c1-3-23-15(22)11-8(2)10-13(25-11)17-7-18-14(10)26-16-19-12(20-21-16)9-5-4-6-24-9/h4-7H,3H2,1-2H3,(H,19,20,21). The van der Waals surface area contributed by atoms with E-state index in [2.05, 4.69) is 25.1 Å². The van der Waals surface area contributed by atoms with Gasteiger partial charge in [-0.3, -0.25) is 5.10 Å². The highest BCUT2D eigenvalue weighted by atomic mass is 32.2. The van der Waals surface area contributed by atoms with Crippen molar-refractivity contribution in [3.63, 3.8) is 0 Å². The van der Waals surface area contributed by atoms with E-state index >= 15 is 0 Å². The van der Waals surface area contributed by atoms with Crippen molar-refractivity contribution in [1.82, 2.24) is 25.1 Å². The van der Waals surface area contributed by atoms with E-state index in [-0.39, 0.29) is 5.97 Å². The van der Waals surface area contributed by atoms with Crippen molar-refractivity contribution in [2.45, 2.75) is 24.0 Å². The van der Waals surface area contributed by atoms with E-state index in [1.807, 2.05) is 24.4 Å². The average molecular weight is 404 g/mol. The summed E-state index contributed by atoms with van der Waals surface area (Å²) in [5.41, 5.74) is 0.820. The van der Waals surface area contributed by atoms with Crippen LogP contribution < -0.4 is 0 Å². The third-order valence-corrected chi connectivity index (χ3v) is 6.48. The molecule has 26 heavy (non-hydrogen) atoms. The quantitative estimate of drug-likeness (QED) is 0.395. The molecule has 0 aromatic carbocycles. The van der Waals surface area contributed by atoms with Gasteiger partial charge >= 0.3 is 5.97 Å². The van der Waals surface area contributed by atoms with Gasteiger partial charge in [0.2, 0.25) is 5.16 Å². The monoisotopic (exact) mass is 403 g/mol. The van der Waals surface area contributed by atoms with Crippen molar-refractivity contribution in [1.29, 1.82) is 0 Å². The molecule has 0 saturated carbocycles. The summed E-state index contributed by atoms with van der Waals surface area (Å²) in [6.45, 7) is 4.01. The lowest BCUT2D eigenvalue weighted by Crippen LogP contribution is -2.03. The number of hydrogen-bond donors (Lipinski definition) is 1. The topological polar surface area (TPSA) is 93.6 Å². The molecule has 0 radical (unpaired) electrons. The van der Waals surface area contributed by atoms with Crippen LogP contribution in [0.15, 0.2) is 34.0 Å². The van der Waals surface area contributed by atoms with Crippen molar-refractivity contribution in [3.8, 4) is 10.7 Å². The normalized spacial score (nSPS) is 11.2. The van der Waals surface area contributed by atoms with Crippen LogP contribution in [-0.2, 0) is 4.74 Å². The Morgan fingerprint density at radius 2 is 2.27 bits per heavy atom. The van der Waals surface area contributed by atoms with Crippen molar-refractivity contribution in [3.05, 3.63) is 34.3 Å². The molecule has 10 heteroatoms. The molecule has 0 atom stereocenters. The zero-order chi connectivity index (χ0) is 18.1. The molecule has 0 saturated heterocycles. The number of rotatable bonds is 5. The molecule has 4 aromatic heterocycles. The van der Waals surface area contributed by atoms with Crippen LogP contribution in [0.3, 0.4) is 0 Å². The summed E-state index contributed by atoms with van der Waals surface area (Å²) in [7, 11) is 0. The fraction of sp³-hybridized carbons (Fsp3) is 0.188. The fourth-order valence-electron chi connectivity index (χ4n) is 2.41. The highest BCUT2D eigenvalue weighted by Gasteiger charge is 2.21. The van der Waals surface area contributed by atoms with Gasteiger partial charge in [-0.2, -0.15) is 0 Å². The Balaban J connectivity index is 1.70. The first-order valence-electron chi connectivity index (χ1n) is 7.72. The number of esters is 1. The molecule has 0 bridgehead atoms. The number of fused-ring (bicyclic) bond motifs is 1. The minimum absolute atomic E-state index is 0.332. The van der Waals surface area contributed by atoms with E-state index in [0.717, 1.165) is 31.5 Å². The first kappa shape index (κ1) is 17.1. The molecule has 0 aliphatic carbocycles. The second-order valence-corrected chi connectivity index (χ2v) is 8.08. The van der Waals surface area contributed by atoms with E-state index in [1.165, 1.54) is 29.4 Å². The molecule has 0 unspecified atom stereocenters. The third kappa shape index (κ3) is 3.11. The van der Waals surface area contributed by atoms with Crippen LogP contribution in [-0.4, -0.2) is 37.7 Å². The Morgan fingerprint density at radius 1 is 1.38 bits per heavy atom. The number of aryl methyl sites for hydroxylation is 1. The van der Waals surface area contributed by atoms with Crippen molar-refractivity contribution in [2.24, 2.45) is 0 Å². The first-order valence-corrected chi connectivity index (χ1v) is 10.2. The van der Waals surface area contributed by atoms with Crippen LogP contribution >= 0.6 is 34.4 Å². The summed E-state index contributed by atoms with van der Waals surface area (Å²) in [6.07, 6.45) is 1.49. The van der Waals surface area contributed by atoms with Gasteiger partial charge in [0.1, 0.15) is 21.1 Å². The molecule has 0 aliphatic heterocycles. The lowest BCUT2D eigenvalue weighted by atomic mass is 10.2. The Bertz CT molecular complexity index is 1070. The number of hydrogen-bond acceptors (Lipinski definition) is 9. The molecule has 4 rings (SSSR count). The maximum atomic E-state index is 12.1. The second kappa shape index (κ2) is 7.14. The molecule has 0 aliphatic rings. The minimum atomic E-state index is -0.332. The van der Waals surface area contributed by atoms with Gasteiger partial charge in [0.25, 0.3) is 0 Å². The molecule has 132 valence electrons. The Morgan fingerprint density at radius 3 is 3.04 bits per heavy atom. The van der Waals surface area contributed by atoms with E-state index in [1.54, 1.807) is 18.3 Å². The molecular formula is C16H13N5O2S3. The maximum Gasteiger partial charge on any atom is 0.348 e. The zero-order valence-corrected chi connectivity index (χ0v) is 16.3. The summed E-state index contributed by atoms with van der Waals surface area (Å²) in [4.78, 5) is 27.6. The van der Waals surface area contributed by atoms with Crippen LogP contribution in [0.5, 0.6) is 0 Å². The minimum Gasteiger partial charge on any atom is -0.462 e. The SMILES string of the molecule is CCOC(=O)c1sc2ncnc(Sc3n[nH]c(-c4cccs4)n3)c2c1C. The number of aromatic nitrogens is 5.